The van der Waals surface area contributed by atoms with Gasteiger partial charge in [-0.2, -0.15) is 0 Å². The fraction of sp³-hybridized carbons (Fsp3) is 0.286. The molecule has 0 saturated carbocycles. The average Bonchev–Trinajstić information content (AvgIpc) is 2.66. The zero-order valence-corrected chi connectivity index (χ0v) is 15.2. The maximum Gasteiger partial charge on any atom is 0.303 e. The van der Waals surface area contributed by atoms with Gasteiger partial charge in [0.2, 0.25) is 11.8 Å². The molecule has 2 amide bonds. The Morgan fingerprint density at radius 2 is 1.93 bits per heavy atom. The number of hydrogen-bond acceptors (Lipinski definition) is 3. The van der Waals surface area contributed by atoms with Crippen LogP contribution in [-0.2, 0) is 20.9 Å². The molecule has 1 heterocycles. The summed E-state index contributed by atoms with van der Waals surface area (Å²) in [5, 5.41) is 11.5. The van der Waals surface area contributed by atoms with Crippen molar-refractivity contribution in [2.45, 2.75) is 31.7 Å². The molecule has 1 aliphatic heterocycles. The quantitative estimate of drug-likeness (QED) is 0.768. The van der Waals surface area contributed by atoms with E-state index < -0.39 is 17.7 Å². The van der Waals surface area contributed by atoms with Crippen LogP contribution in [0.25, 0.3) is 0 Å². The molecule has 0 saturated heterocycles. The van der Waals surface area contributed by atoms with Crippen molar-refractivity contribution >= 4 is 23.5 Å². The summed E-state index contributed by atoms with van der Waals surface area (Å²) >= 11 is 0. The van der Waals surface area contributed by atoms with Crippen molar-refractivity contribution in [3.8, 4) is 0 Å². The largest absolute Gasteiger partial charge is 0.481 e. The molecule has 2 aromatic carbocycles. The first-order valence-electron chi connectivity index (χ1n) is 9.08. The van der Waals surface area contributed by atoms with Gasteiger partial charge < -0.3 is 15.3 Å². The second kappa shape index (κ2) is 8.65. The van der Waals surface area contributed by atoms with E-state index in [1.807, 2.05) is 30.3 Å². The molecule has 6 nitrogen and oxygen atoms in total. The molecule has 2 N–H and O–H groups in total. The Morgan fingerprint density at radius 3 is 2.64 bits per heavy atom. The summed E-state index contributed by atoms with van der Waals surface area (Å²) < 4.78 is 13.5. The molecule has 2 aromatic rings. The monoisotopic (exact) mass is 384 g/mol. The molecule has 1 atom stereocenters. The number of nitrogens with zero attached hydrogens (tertiary/aromatic N) is 1. The normalized spacial score (nSPS) is 15.5. The third-order valence-electron chi connectivity index (χ3n) is 4.70. The van der Waals surface area contributed by atoms with E-state index in [9.17, 15) is 18.8 Å². The molecular weight excluding hydrogens is 363 g/mol. The van der Waals surface area contributed by atoms with Gasteiger partial charge >= 0.3 is 5.97 Å². The van der Waals surface area contributed by atoms with Crippen molar-refractivity contribution < 1.29 is 23.9 Å². The van der Waals surface area contributed by atoms with Gasteiger partial charge in [-0.3, -0.25) is 14.4 Å². The Hall–Kier alpha value is -3.22. The Labute approximate surface area is 162 Å². The topological polar surface area (TPSA) is 86.7 Å². The Bertz CT molecular complexity index is 885. The second-order valence-corrected chi connectivity index (χ2v) is 6.78. The van der Waals surface area contributed by atoms with Gasteiger partial charge in [-0.25, -0.2) is 4.39 Å². The van der Waals surface area contributed by atoms with E-state index in [0.29, 0.717) is 24.2 Å². The van der Waals surface area contributed by atoms with E-state index in [2.05, 4.69) is 5.32 Å². The highest BCUT2D eigenvalue weighted by molar-refractivity contribution is 6.01. The molecule has 1 aliphatic rings. The highest BCUT2D eigenvalue weighted by Gasteiger charge is 2.33. The number of anilines is 1. The lowest BCUT2D eigenvalue weighted by Crippen LogP contribution is -2.39. The SMILES string of the molecule is O=C(O)CCCN(Cc1ccccc1)C(=O)[C@H]1CC(=O)Nc2cc(F)ccc21. The molecule has 0 aromatic heterocycles. The second-order valence-electron chi connectivity index (χ2n) is 6.78. The summed E-state index contributed by atoms with van der Waals surface area (Å²) in [6.07, 6.45) is 0.232. The molecule has 0 unspecified atom stereocenters. The molecule has 28 heavy (non-hydrogen) atoms. The highest BCUT2D eigenvalue weighted by Crippen LogP contribution is 2.34. The van der Waals surface area contributed by atoms with Gasteiger partial charge in [-0.1, -0.05) is 36.4 Å². The van der Waals surface area contributed by atoms with Crippen molar-refractivity contribution in [1.82, 2.24) is 4.90 Å². The first kappa shape index (κ1) is 19.5. The lowest BCUT2D eigenvalue weighted by atomic mass is 9.89. The fourth-order valence-electron chi connectivity index (χ4n) is 3.37. The molecular formula is C21H21FN2O4. The number of benzene rings is 2. The number of amides is 2. The molecule has 3 rings (SSSR count). The summed E-state index contributed by atoms with van der Waals surface area (Å²) in [4.78, 5) is 37.8. The van der Waals surface area contributed by atoms with Crippen LogP contribution in [0.15, 0.2) is 48.5 Å². The minimum Gasteiger partial charge on any atom is -0.481 e. The number of nitrogens with one attached hydrogen (secondary N) is 1. The van der Waals surface area contributed by atoms with E-state index in [4.69, 9.17) is 5.11 Å². The number of halogens is 1. The van der Waals surface area contributed by atoms with Gasteiger partial charge in [0.05, 0.1) is 5.92 Å². The lowest BCUT2D eigenvalue weighted by Gasteiger charge is -2.31. The van der Waals surface area contributed by atoms with E-state index in [-0.39, 0.29) is 31.2 Å². The number of rotatable bonds is 7. The highest BCUT2D eigenvalue weighted by atomic mass is 19.1. The van der Waals surface area contributed by atoms with Crippen LogP contribution in [0.2, 0.25) is 0 Å². The van der Waals surface area contributed by atoms with Crippen LogP contribution in [0, 0.1) is 5.82 Å². The number of aliphatic carboxylic acids is 1. The predicted octanol–water partition coefficient (Wildman–Crippen LogP) is 3.15. The van der Waals surface area contributed by atoms with Crippen LogP contribution in [0.5, 0.6) is 0 Å². The fourth-order valence-corrected chi connectivity index (χ4v) is 3.37. The molecule has 0 radical (unpaired) electrons. The minimum absolute atomic E-state index is 0.0261. The predicted molar refractivity (Wildman–Crippen MR) is 101 cm³/mol. The van der Waals surface area contributed by atoms with E-state index in [0.717, 1.165) is 5.56 Å². The van der Waals surface area contributed by atoms with Crippen LogP contribution >= 0.6 is 0 Å². The van der Waals surface area contributed by atoms with Crippen molar-refractivity contribution in [1.29, 1.82) is 0 Å². The van der Waals surface area contributed by atoms with Crippen LogP contribution in [0.4, 0.5) is 10.1 Å². The number of fused-ring (bicyclic) bond motifs is 1. The number of carbonyl (C=O) groups is 3. The van der Waals surface area contributed by atoms with Gasteiger partial charge in [0.25, 0.3) is 0 Å². The molecule has 146 valence electrons. The molecule has 0 bridgehead atoms. The van der Waals surface area contributed by atoms with Gasteiger partial charge in [0.15, 0.2) is 0 Å². The van der Waals surface area contributed by atoms with Crippen molar-refractivity contribution in [2.24, 2.45) is 0 Å². The third kappa shape index (κ3) is 4.73. The van der Waals surface area contributed by atoms with Gasteiger partial charge in [-0.15, -0.1) is 0 Å². The summed E-state index contributed by atoms with van der Waals surface area (Å²) in [5.41, 5.74) is 1.79. The summed E-state index contributed by atoms with van der Waals surface area (Å²) in [7, 11) is 0. The van der Waals surface area contributed by atoms with Crippen LogP contribution < -0.4 is 5.32 Å². The third-order valence-corrected chi connectivity index (χ3v) is 4.70. The molecule has 7 heteroatoms. The minimum atomic E-state index is -0.926. The number of carbonyl (C=O) groups excluding carboxylic acids is 2. The van der Waals surface area contributed by atoms with Crippen molar-refractivity contribution in [3.05, 3.63) is 65.5 Å². The average molecular weight is 384 g/mol. The number of hydrogen-bond donors (Lipinski definition) is 2. The van der Waals surface area contributed by atoms with Gasteiger partial charge in [0, 0.05) is 31.6 Å². The van der Waals surface area contributed by atoms with Crippen molar-refractivity contribution in [3.63, 3.8) is 0 Å². The summed E-state index contributed by atoms with van der Waals surface area (Å²) in [6, 6.07) is 13.4. The van der Waals surface area contributed by atoms with E-state index in [1.165, 1.54) is 18.2 Å². The van der Waals surface area contributed by atoms with E-state index >= 15 is 0 Å². The first-order valence-corrected chi connectivity index (χ1v) is 9.08. The zero-order valence-electron chi connectivity index (χ0n) is 15.2. The lowest BCUT2D eigenvalue weighted by molar-refractivity contribution is -0.139. The Kier molecular flexibility index (Phi) is 6.03. The number of carboxylic acids is 1. The van der Waals surface area contributed by atoms with E-state index in [1.54, 1.807) is 4.90 Å². The Morgan fingerprint density at radius 1 is 1.18 bits per heavy atom. The molecule has 0 spiro atoms. The molecule has 0 fully saturated rings. The summed E-state index contributed by atoms with van der Waals surface area (Å²) in [5.74, 6) is -2.75. The van der Waals surface area contributed by atoms with Gasteiger partial charge in [-0.05, 0) is 29.7 Å². The zero-order chi connectivity index (χ0) is 20.1. The van der Waals surface area contributed by atoms with Crippen LogP contribution in [-0.4, -0.2) is 34.3 Å². The number of carboxylic acid groups (broad SMARTS) is 1. The maximum absolute atomic E-state index is 13.5. The first-order chi connectivity index (χ1) is 13.4. The van der Waals surface area contributed by atoms with Crippen LogP contribution in [0.3, 0.4) is 0 Å². The molecule has 0 aliphatic carbocycles. The van der Waals surface area contributed by atoms with Crippen molar-refractivity contribution in [2.75, 3.05) is 11.9 Å². The summed E-state index contributed by atoms with van der Waals surface area (Å²) in [6.45, 7) is 0.572. The maximum atomic E-state index is 13.5. The smallest absolute Gasteiger partial charge is 0.303 e. The van der Waals surface area contributed by atoms with Crippen LogP contribution in [0.1, 0.15) is 36.3 Å². The Balaban J connectivity index is 1.85. The van der Waals surface area contributed by atoms with Gasteiger partial charge in [0.1, 0.15) is 5.82 Å². The standard InChI is InChI=1S/C21H21FN2O4/c22-15-8-9-16-17(12-19(25)23-18(16)11-15)21(28)24(10-4-7-20(26)27)13-14-5-2-1-3-6-14/h1-3,5-6,8-9,11,17H,4,7,10,12-13H2,(H,23,25)(H,26,27)/t17-/m0/s1.